The molecule has 23 heavy (non-hydrogen) atoms. The van der Waals surface area contributed by atoms with E-state index in [9.17, 15) is 4.79 Å². The lowest BCUT2D eigenvalue weighted by molar-refractivity contribution is 0.0664. The molecule has 2 aromatic rings. The van der Waals surface area contributed by atoms with Crippen LogP contribution >= 0.6 is 11.8 Å². The maximum atomic E-state index is 13.0. The molecule has 0 radical (unpaired) electrons. The second-order valence-corrected chi connectivity index (χ2v) is 7.69. The van der Waals surface area contributed by atoms with E-state index in [0.717, 1.165) is 24.3 Å². The van der Waals surface area contributed by atoms with Gasteiger partial charge in [-0.3, -0.25) is 4.79 Å². The van der Waals surface area contributed by atoms with E-state index in [2.05, 4.69) is 53.5 Å². The Labute approximate surface area is 140 Å². The normalized spacial score (nSPS) is 27.7. The first-order valence-electron chi connectivity index (χ1n) is 8.15. The van der Waals surface area contributed by atoms with E-state index in [-0.39, 0.29) is 16.7 Å². The monoisotopic (exact) mass is 319 g/mol. The van der Waals surface area contributed by atoms with Gasteiger partial charge in [-0.15, -0.1) is 11.8 Å². The number of carbonyl (C=O) groups excluding carboxylic acids is 1. The molecular formula is C20H17NOS. The predicted octanol–water partition coefficient (Wildman–Crippen LogP) is 4.24. The van der Waals surface area contributed by atoms with E-state index in [1.54, 1.807) is 0 Å². The fourth-order valence-electron chi connectivity index (χ4n) is 4.31. The largest absolute Gasteiger partial charge is 0.319 e. The SMILES string of the molecule is O=C1c2ccccc2C2(C3C=Cc4ccccc43)SCCCN12. The average molecular weight is 319 g/mol. The Morgan fingerprint density at radius 2 is 1.91 bits per heavy atom. The molecule has 0 spiro atoms. The summed E-state index contributed by atoms with van der Waals surface area (Å²) in [6.07, 6.45) is 5.59. The highest BCUT2D eigenvalue weighted by Gasteiger charge is 2.56. The zero-order valence-electron chi connectivity index (χ0n) is 12.7. The van der Waals surface area contributed by atoms with Crippen LogP contribution in [0.15, 0.2) is 54.6 Å². The summed E-state index contributed by atoms with van der Waals surface area (Å²) >= 11 is 1.94. The van der Waals surface area contributed by atoms with Gasteiger partial charge in [0, 0.05) is 23.6 Å². The maximum Gasteiger partial charge on any atom is 0.255 e. The number of fused-ring (bicyclic) bond motifs is 4. The summed E-state index contributed by atoms with van der Waals surface area (Å²) in [6, 6.07) is 16.8. The van der Waals surface area contributed by atoms with Gasteiger partial charge < -0.3 is 4.90 Å². The molecule has 1 fully saturated rings. The first kappa shape index (κ1) is 13.4. The van der Waals surface area contributed by atoms with Gasteiger partial charge in [0.05, 0.1) is 0 Å². The van der Waals surface area contributed by atoms with Crippen molar-refractivity contribution in [2.75, 3.05) is 12.3 Å². The van der Waals surface area contributed by atoms with Crippen molar-refractivity contribution in [1.29, 1.82) is 0 Å². The van der Waals surface area contributed by atoms with Crippen molar-refractivity contribution >= 4 is 23.7 Å². The number of nitrogens with zero attached hydrogens (tertiary/aromatic N) is 1. The quantitative estimate of drug-likeness (QED) is 0.783. The summed E-state index contributed by atoms with van der Waals surface area (Å²) < 4.78 is 0. The van der Waals surface area contributed by atoms with Crippen LogP contribution in [0, 0.1) is 0 Å². The fourth-order valence-corrected chi connectivity index (χ4v) is 5.95. The molecule has 1 amide bonds. The highest BCUT2D eigenvalue weighted by molar-refractivity contribution is 8.00. The van der Waals surface area contributed by atoms with E-state index in [0.29, 0.717) is 0 Å². The molecule has 2 nitrogen and oxygen atoms in total. The van der Waals surface area contributed by atoms with Crippen LogP contribution < -0.4 is 0 Å². The van der Waals surface area contributed by atoms with E-state index in [4.69, 9.17) is 0 Å². The van der Waals surface area contributed by atoms with Gasteiger partial charge in [0.2, 0.25) is 0 Å². The summed E-state index contributed by atoms with van der Waals surface area (Å²) in [6.45, 7) is 0.854. The van der Waals surface area contributed by atoms with E-state index in [1.165, 1.54) is 16.7 Å². The van der Waals surface area contributed by atoms with Gasteiger partial charge in [0.25, 0.3) is 5.91 Å². The molecular weight excluding hydrogens is 302 g/mol. The first-order chi connectivity index (χ1) is 11.3. The molecule has 2 unspecified atom stereocenters. The van der Waals surface area contributed by atoms with E-state index < -0.39 is 0 Å². The molecule has 2 aromatic carbocycles. The van der Waals surface area contributed by atoms with E-state index in [1.807, 2.05) is 23.9 Å². The number of thioether (sulfide) groups is 1. The summed E-state index contributed by atoms with van der Waals surface area (Å²) in [7, 11) is 0. The molecule has 5 rings (SSSR count). The van der Waals surface area contributed by atoms with Crippen LogP contribution in [-0.4, -0.2) is 23.1 Å². The molecule has 0 aromatic heterocycles. The molecule has 0 bridgehead atoms. The molecule has 1 aliphatic carbocycles. The van der Waals surface area contributed by atoms with E-state index >= 15 is 0 Å². The summed E-state index contributed by atoms with van der Waals surface area (Å²) in [5, 5.41) is 0. The number of amides is 1. The molecule has 3 aliphatic rings. The smallest absolute Gasteiger partial charge is 0.255 e. The van der Waals surface area contributed by atoms with Crippen molar-refractivity contribution in [3.8, 4) is 0 Å². The van der Waals surface area contributed by atoms with Gasteiger partial charge in [-0.2, -0.15) is 0 Å². The third-order valence-corrected chi connectivity index (χ3v) is 6.89. The third-order valence-electron chi connectivity index (χ3n) is 5.26. The highest BCUT2D eigenvalue weighted by Crippen LogP contribution is 2.59. The third kappa shape index (κ3) is 1.63. The Kier molecular flexibility index (Phi) is 2.77. The number of carbonyl (C=O) groups is 1. The standard InChI is InChI=1S/C20H17NOS/c22-19-16-8-3-4-9-17(16)20(21(19)12-5-13-23-20)18-11-10-14-6-1-2-7-15(14)18/h1-4,6-11,18H,5,12-13H2. The molecule has 0 saturated carbocycles. The lowest BCUT2D eigenvalue weighted by atomic mass is 9.87. The Hall–Kier alpha value is -2.00. The molecule has 1 saturated heterocycles. The molecule has 2 heterocycles. The number of rotatable bonds is 1. The zero-order chi connectivity index (χ0) is 15.4. The molecule has 2 atom stereocenters. The average Bonchev–Trinajstić information content (AvgIpc) is 3.15. The van der Waals surface area contributed by atoms with Crippen molar-refractivity contribution in [3.05, 3.63) is 76.9 Å². The van der Waals surface area contributed by atoms with Crippen LogP contribution in [0.1, 0.15) is 39.4 Å². The van der Waals surface area contributed by atoms with Crippen LogP contribution in [0.25, 0.3) is 6.08 Å². The van der Waals surface area contributed by atoms with Gasteiger partial charge in [0.15, 0.2) is 0 Å². The topological polar surface area (TPSA) is 20.3 Å². The minimum atomic E-state index is -0.269. The Balaban J connectivity index is 1.76. The minimum Gasteiger partial charge on any atom is -0.319 e. The lowest BCUT2D eigenvalue weighted by Gasteiger charge is -2.46. The van der Waals surface area contributed by atoms with Crippen molar-refractivity contribution in [3.63, 3.8) is 0 Å². The molecule has 3 heteroatoms. The van der Waals surface area contributed by atoms with Crippen LogP contribution in [-0.2, 0) is 4.87 Å². The summed E-state index contributed by atoms with van der Waals surface area (Å²) in [4.78, 5) is 14.9. The van der Waals surface area contributed by atoms with Crippen molar-refractivity contribution in [2.24, 2.45) is 0 Å². The second-order valence-electron chi connectivity index (χ2n) is 6.37. The number of hydrogen-bond acceptors (Lipinski definition) is 2. The lowest BCUT2D eigenvalue weighted by Crippen LogP contribution is -2.48. The Morgan fingerprint density at radius 3 is 2.87 bits per heavy atom. The van der Waals surface area contributed by atoms with Crippen LogP contribution in [0.4, 0.5) is 0 Å². The summed E-state index contributed by atoms with van der Waals surface area (Å²) in [5.74, 6) is 1.53. The predicted molar refractivity (Wildman–Crippen MR) is 94.4 cm³/mol. The van der Waals surface area contributed by atoms with Crippen molar-refractivity contribution in [1.82, 2.24) is 4.90 Å². The molecule has 2 aliphatic heterocycles. The minimum absolute atomic E-state index is 0.200. The van der Waals surface area contributed by atoms with Gasteiger partial charge in [-0.05, 0) is 29.4 Å². The van der Waals surface area contributed by atoms with Gasteiger partial charge in [-0.25, -0.2) is 0 Å². The van der Waals surface area contributed by atoms with Gasteiger partial charge >= 0.3 is 0 Å². The molecule has 0 N–H and O–H groups in total. The van der Waals surface area contributed by atoms with Crippen molar-refractivity contribution in [2.45, 2.75) is 17.2 Å². The van der Waals surface area contributed by atoms with Crippen molar-refractivity contribution < 1.29 is 4.79 Å². The van der Waals surface area contributed by atoms with Gasteiger partial charge in [-0.1, -0.05) is 54.6 Å². The highest BCUT2D eigenvalue weighted by atomic mass is 32.2. The Bertz CT molecular complexity index is 843. The number of benzene rings is 2. The van der Waals surface area contributed by atoms with Crippen LogP contribution in [0.5, 0.6) is 0 Å². The first-order valence-corrected chi connectivity index (χ1v) is 9.13. The summed E-state index contributed by atoms with van der Waals surface area (Å²) in [5.41, 5.74) is 4.71. The zero-order valence-corrected chi connectivity index (χ0v) is 13.6. The Morgan fingerprint density at radius 1 is 1.09 bits per heavy atom. The maximum absolute atomic E-state index is 13.0. The van der Waals surface area contributed by atoms with Crippen LogP contribution in [0.3, 0.4) is 0 Å². The van der Waals surface area contributed by atoms with Gasteiger partial charge in [0.1, 0.15) is 4.87 Å². The second kappa shape index (κ2) is 4.75. The molecule has 114 valence electrons. The van der Waals surface area contributed by atoms with Crippen LogP contribution in [0.2, 0.25) is 0 Å². The fraction of sp³-hybridized carbons (Fsp3) is 0.250. The number of hydrogen-bond donors (Lipinski definition) is 0.